The molecule has 0 aliphatic carbocycles. The van der Waals surface area contributed by atoms with Crippen molar-refractivity contribution in [3.05, 3.63) is 122 Å². The van der Waals surface area contributed by atoms with Crippen molar-refractivity contribution in [3.8, 4) is 0 Å². The quantitative estimate of drug-likeness (QED) is 0.0478. The molecule has 11 rings (SSSR count). The maximum Gasteiger partial charge on any atom is 0.351 e. The van der Waals surface area contributed by atoms with Crippen LogP contribution in [0.25, 0.3) is 11.2 Å². The third kappa shape index (κ3) is 15.4. The zero-order chi connectivity index (χ0) is 72.8. The van der Waals surface area contributed by atoms with E-state index in [1.54, 1.807) is 18.8 Å². The molecular weight excluding hydrogens is 1430 g/mol. The van der Waals surface area contributed by atoms with Crippen LogP contribution in [0, 0.1) is 25.5 Å². The number of fused-ring (bicyclic) bond motifs is 1. The Labute approximate surface area is 573 Å². The molecule has 0 amide bonds. The molecule has 5 aliphatic heterocycles. The summed E-state index contributed by atoms with van der Waals surface area (Å²) in [6, 6.07) is 0. The lowest BCUT2D eigenvalue weighted by molar-refractivity contribution is -0.0473. The van der Waals surface area contributed by atoms with Gasteiger partial charge in [-0.15, -0.1) is 58.0 Å². The van der Waals surface area contributed by atoms with Crippen LogP contribution in [0.4, 0.5) is 26.2 Å². The molecule has 6 aromatic rings. The van der Waals surface area contributed by atoms with Crippen LogP contribution < -0.4 is 51.1 Å². The number of aryl methyl sites for hydroxylation is 2. The van der Waals surface area contributed by atoms with Crippen molar-refractivity contribution >= 4 is 98.2 Å². The third-order valence-electron chi connectivity index (χ3n) is 16.3. The van der Waals surface area contributed by atoms with Gasteiger partial charge in [-0.1, -0.05) is 0 Å². The summed E-state index contributed by atoms with van der Waals surface area (Å²) in [6.07, 6.45) is -9.69. The lowest BCUT2D eigenvalue weighted by Gasteiger charge is -2.26. The first kappa shape index (κ1) is 78.4. The number of aromatic nitrogens is 12. The van der Waals surface area contributed by atoms with E-state index < -0.39 is 194 Å². The van der Waals surface area contributed by atoms with Crippen molar-refractivity contribution in [2.75, 3.05) is 50.2 Å². The number of ether oxygens (including phenoxy) is 5. The summed E-state index contributed by atoms with van der Waals surface area (Å²) in [5.41, 5.74) is 13.3. The molecule has 44 heteroatoms. The third-order valence-corrected chi connectivity index (χ3v) is 18.6. The Bertz CT molecular complexity index is 4000. The van der Waals surface area contributed by atoms with Gasteiger partial charge in [0.15, 0.2) is 54.2 Å². The molecule has 0 spiro atoms. The molecule has 20 atom stereocenters. The summed E-state index contributed by atoms with van der Waals surface area (Å²) < 4.78 is 59.0. The molecular formula is C53H69Cl6F2N15O21. The molecule has 0 bridgehead atoms. The van der Waals surface area contributed by atoms with Crippen LogP contribution in [0.1, 0.15) is 76.9 Å². The van der Waals surface area contributed by atoms with E-state index in [9.17, 15) is 68.2 Å². The number of hydrogen-bond donors (Lipinski definition) is 15. The van der Waals surface area contributed by atoms with E-state index in [1.165, 1.54) is 62.5 Å². The fourth-order valence-corrected chi connectivity index (χ4v) is 12.3. The minimum atomic E-state index is -1.46. The number of aliphatic hydroxyl groups is 10. The standard InChI is InChI=1S/C11H13Cl2N5O3.C11H16ClN3O4.C11H15ClN2O5.C10H13ClFN3O4.C10H12ClFN2O5/c1-11(13)6(20)4(2-19)21-9(11)18-3-15-5-7(14)16-10(12)17-8(5)18;1-5-3-15(10(18)14-8(5)13)9-11(2,12)7(17)6(4-16)19-9;1-5-3-14(10(18)13-8(5)17)9-11(2,12)7(16)6(4-15)19-9;1-10(11)6(17)5(3-16)19-8(10)15-2-4(12)7(13)14-9(15)18;1-10(11)6(16)5(3-15)19-8(10)14-2-4(12)7(17)13-9(14)18/h3-4,6,9,19-20H,2H2,1H3,(H2,14,16,17);3,6-7,9,16-17H,4H2,1-2H3,(H2,13,14,18);3,6-7,9,15-16H,4H2,1-2H3,(H,13,17,18);2,5-6,8,16-17H,3H2,1H3,(H2,13,14,18);2,5-6,8,15-16H,3H2,1H3,(H,13,17,18)/t4-,6-,9-,11-;2*6-,7-,9-,11-;2*5-,6-,8-,10-/m11111/s1. The van der Waals surface area contributed by atoms with Gasteiger partial charge in [0.25, 0.3) is 11.1 Å². The van der Waals surface area contributed by atoms with E-state index >= 15 is 0 Å². The summed E-state index contributed by atoms with van der Waals surface area (Å²) in [6.45, 7) is 8.52. The second kappa shape index (κ2) is 30.1. The number of anilines is 3. The Kier molecular flexibility index (Phi) is 24.3. The summed E-state index contributed by atoms with van der Waals surface area (Å²) in [5.74, 6) is -2.35. The van der Waals surface area contributed by atoms with Crippen molar-refractivity contribution in [2.24, 2.45) is 0 Å². The van der Waals surface area contributed by atoms with Gasteiger partial charge in [-0.05, 0) is 60.1 Å². The van der Waals surface area contributed by atoms with Gasteiger partial charge in [-0.25, -0.2) is 28.6 Å². The number of nitrogen functional groups attached to an aromatic ring is 3. The number of aliphatic hydroxyl groups excluding tert-OH is 10. The smallest absolute Gasteiger partial charge is 0.351 e. The predicted octanol–water partition coefficient (Wildman–Crippen LogP) is -3.08. The van der Waals surface area contributed by atoms with E-state index in [4.69, 9.17) is 131 Å². The van der Waals surface area contributed by atoms with Gasteiger partial charge >= 0.3 is 22.8 Å². The van der Waals surface area contributed by atoms with Gasteiger partial charge in [0, 0.05) is 23.5 Å². The number of H-pyrrole nitrogens is 2. The fraction of sp³-hybridized carbons (Fsp3) is 0.604. The first-order valence-electron chi connectivity index (χ1n) is 28.6. The molecule has 0 saturated carbocycles. The van der Waals surface area contributed by atoms with Crippen molar-refractivity contribution in [2.45, 2.75) is 165 Å². The number of aromatic amines is 2. The zero-order valence-electron chi connectivity index (χ0n) is 51.8. The second-order valence-corrected chi connectivity index (χ2v) is 27.9. The number of nitrogens with one attached hydrogen (secondary N) is 2. The molecule has 36 nitrogen and oxygen atoms in total. The van der Waals surface area contributed by atoms with Crippen molar-refractivity contribution in [1.29, 1.82) is 0 Å². The van der Waals surface area contributed by atoms with Gasteiger partial charge in [0.1, 0.15) is 96.7 Å². The Morgan fingerprint density at radius 2 is 0.784 bits per heavy atom. The monoisotopic (exact) mass is 1500 g/mol. The molecule has 6 aromatic heterocycles. The SMILES string of the molecule is C[C@@]1(Cl)[C@H](O)[C@@H](CO)O[C@H]1n1cc(F)c(=O)[nH]c1=O.C[C@@]1(Cl)[C@H](O)[C@@H](CO)O[C@H]1n1cc(F)c(N)nc1=O.C[C@@]1(Cl)[C@H](O)[C@@H](CO)O[C@H]1n1cnc2c(N)nc(Cl)nc21.Cc1cn([C@@H]2O[C@H](CO)[C@@H](O)[C@@]2(C)Cl)c(=O)[nH]c1=O.Cc1cn([C@@H]2O[C@H](CO)[C@@H](O)[C@@]2(C)Cl)c(=O)nc1N. The lowest BCUT2D eigenvalue weighted by Crippen LogP contribution is -2.43. The number of nitrogens with zero attached hydrogens (tertiary/aromatic N) is 10. The van der Waals surface area contributed by atoms with E-state index in [0.717, 1.165) is 19.9 Å². The van der Waals surface area contributed by atoms with Crippen LogP contribution >= 0.6 is 69.6 Å². The Morgan fingerprint density at radius 3 is 1.16 bits per heavy atom. The molecule has 5 fully saturated rings. The summed E-state index contributed by atoms with van der Waals surface area (Å²) in [4.78, 5) is 85.5. The molecule has 97 heavy (non-hydrogen) atoms. The van der Waals surface area contributed by atoms with E-state index in [0.29, 0.717) is 28.5 Å². The minimum absolute atomic E-state index is 0.0321. The van der Waals surface area contributed by atoms with Crippen LogP contribution in [-0.4, -0.2) is 227 Å². The number of hydrogen-bond acceptors (Lipinski definition) is 29. The average molecular weight is 1500 g/mol. The van der Waals surface area contributed by atoms with Crippen LogP contribution in [0.5, 0.6) is 0 Å². The molecule has 5 aliphatic rings. The van der Waals surface area contributed by atoms with Crippen molar-refractivity contribution in [3.63, 3.8) is 0 Å². The van der Waals surface area contributed by atoms with Crippen LogP contribution in [0.3, 0.4) is 0 Å². The fourth-order valence-electron chi connectivity index (χ4n) is 10.7. The van der Waals surface area contributed by atoms with Gasteiger partial charge < -0.3 is 92.0 Å². The van der Waals surface area contributed by atoms with Crippen LogP contribution in [0.15, 0.2) is 59.9 Å². The topological polar surface area (TPSA) is 550 Å². The van der Waals surface area contributed by atoms with Crippen molar-refractivity contribution < 1.29 is 83.5 Å². The Morgan fingerprint density at radius 1 is 0.464 bits per heavy atom. The highest BCUT2D eigenvalue weighted by atomic mass is 35.5. The van der Waals surface area contributed by atoms with E-state index in [-0.39, 0.29) is 23.5 Å². The van der Waals surface area contributed by atoms with Gasteiger partial charge in [-0.2, -0.15) is 24.3 Å². The van der Waals surface area contributed by atoms with E-state index in [2.05, 4.69) is 29.9 Å². The molecule has 0 aromatic carbocycles. The maximum absolute atomic E-state index is 13.4. The van der Waals surface area contributed by atoms with Crippen LogP contribution in [-0.2, 0) is 23.7 Å². The second-order valence-electron chi connectivity index (χ2n) is 23.5. The summed E-state index contributed by atoms with van der Waals surface area (Å²) in [7, 11) is 0. The summed E-state index contributed by atoms with van der Waals surface area (Å²) >= 11 is 36.9. The number of rotatable bonds is 10. The molecule has 0 radical (unpaired) electrons. The maximum atomic E-state index is 13.4. The first-order valence-corrected chi connectivity index (χ1v) is 30.8. The van der Waals surface area contributed by atoms with Gasteiger partial charge in [0.2, 0.25) is 11.1 Å². The predicted molar refractivity (Wildman–Crippen MR) is 339 cm³/mol. The number of halogens is 8. The number of nitrogens with two attached hydrogens (primary N) is 3. The molecule has 0 unspecified atom stereocenters. The molecule has 11 heterocycles. The average Bonchev–Trinajstić information content (AvgIpc) is 1.65. The normalized spacial score (nSPS) is 34.3. The lowest BCUT2D eigenvalue weighted by atomic mass is 10.0. The molecule has 538 valence electrons. The molecule has 5 saturated heterocycles. The van der Waals surface area contributed by atoms with Gasteiger partial charge in [0.05, 0.1) is 51.8 Å². The first-order chi connectivity index (χ1) is 45.0. The number of alkyl halides is 5. The highest BCUT2D eigenvalue weighted by Gasteiger charge is 2.57. The van der Waals surface area contributed by atoms with Crippen molar-refractivity contribution in [1.82, 2.24) is 57.7 Å². The van der Waals surface area contributed by atoms with E-state index in [1.807, 2.05) is 0 Å². The highest BCUT2D eigenvalue weighted by molar-refractivity contribution is 6.29. The minimum Gasteiger partial charge on any atom is -0.394 e. The number of imidazole rings is 1. The zero-order valence-corrected chi connectivity index (χ0v) is 56.3. The van der Waals surface area contributed by atoms with Crippen LogP contribution in [0.2, 0.25) is 5.28 Å². The highest BCUT2D eigenvalue weighted by Crippen LogP contribution is 2.47. The molecule has 18 N–H and O–H groups in total. The summed E-state index contributed by atoms with van der Waals surface area (Å²) in [5, 5.41) is 95.4. The Balaban J connectivity index is 0.000000171. The Hall–Kier alpha value is -5.93. The largest absolute Gasteiger partial charge is 0.394 e. The van der Waals surface area contributed by atoms with Gasteiger partial charge in [-0.3, -0.25) is 42.4 Å².